The van der Waals surface area contributed by atoms with Crippen LogP contribution in [0.2, 0.25) is 0 Å². The third kappa shape index (κ3) is 4.01. The smallest absolute Gasteiger partial charge is 0.254 e. The molecule has 2 aromatic rings. The van der Waals surface area contributed by atoms with Crippen molar-refractivity contribution in [2.45, 2.75) is 31.9 Å². The summed E-state index contributed by atoms with van der Waals surface area (Å²) in [5.41, 5.74) is 7.19. The molecule has 0 saturated carbocycles. The van der Waals surface area contributed by atoms with E-state index in [1.54, 1.807) is 18.0 Å². The van der Waals surface area contributed by atoms with Crippen LogP contribution in [0, 0.1) is 17.2 Å². The van der Waals surface area contributed by atoms with Gasteiger partial charge in [-0.25, -0.2) is 0 Å². The second-order valence-corrected chi connectivity index (χ2v) is 7.32. The maximum absolute atomic E-state index is 11.9. The SMILES string of the molecule is COC(C)(C)c1ccc(Nc2nn(C3COCCC3C#N)cc2C(N)=O)cc1. The fraction of sp³-hybridized carbons (Fsp3) is 0.450. The number of nitrogens with zero attached hydrogens (tertiary/aromatic N) is 3. The van der Waals surface area contributed by atoms with E-state index < -0.39 is 11.5 Å². The number of rotatable bonds is 6. The molecule has 1 aromatic heterocycles. The number of amides is 1. The van der Waals surface area contributed by atoms with Gasteiger partial charge in [-0.1, -0.05) is 12.1 Å². The van der Waals surface area contributed by atoms with Crippen LogP contribution in [0.5, 0.6) is 0 Å². The molecule has 2 heterocycles. The van der Waals surface area contributed by atoms with Crippen LogP contribution in [0.4, 0.5) is 11.5 Å². The number of hydrogen-bond donors (Lipinski definition) is 2. The van der Waals surface area contributed by atoms with Gasteiger partial charge in [0.1, 0.15) is 5.56 Å². The summed E-state index contributed by atoms with van der Waals surface area (Å²) in [6.07, 6.45) is 2.21. The molecule has 1 aromatic carbocycles. The van der Waals surface area contributed by atoms with Gasteiger partial charge in [-0.15, -0.1) is 0 Å². The van der Waals surface area contributed by atoms with E-state index in [1.807, 2.05) is 38.1 Å². The average molecular weight is 383 g/mol. The summed E-state index contributed by atoms with van der Waals surface area (Å²) in [7, 11) is 1.67. The molecule has 28 heavy (non-hydrogen) atoms. The minimum atomic E-state index is -0.587. The predicted molar refractivity (Wildman–Crippen MR) is 104 cm³/mol. The first-order valence-corrected chi connectivity index (χ1v) is 9.14. The van der Waals surface area contributed by atoms with Gasteiger partial charge in [0.25, 0.3) is 5.91 Å². The molecule has 1 fully saturated rings. The monoisotopic (exact) mass is 383 g/mol. The lowest BCUT2D eigenvalue weighted by Gasteiger charge is -2.26. The van der Waals surface area contributed by atoms with Crippen LogP contribution in [-0.4, -0.2) is 36.0 Å². The number of ether oxygens (including phenoxy) is 2. The lowest BCUT2D eigenvalue weighted by atomic mass is 9.97. The number of benzene rings is 1. The van der Waals surface area contributed by atoms with Crippen LogP contribution in [0.15, 0.2) is 30.5 Å². The molecule has 2 atom stereocenters. The number of methoxy groups -OCH3 is 1. The van der Waals surface area contributed by atoms with E-state index in [4.69, 9.17) is 15.2 Å². The number of carbonyl (C=O) groups excluding carboxylic acids is 1. The normalized spacial score (nSPS) is 19.8. The number of hydrogen-bond acceptors (Lipinski definition) is 6. The number of aromatic nitrogens is 2. The summed E-state index contributed by atoms with van der Waals surface area (Å²) in [4.78, 5) is 11.9. The average Bonchev–Trinajstić information content (AvgIpc) is 3.12. The second-order valence-electron chi connectivity index (χ2n) is 7.32. The molecule has 0 spiro atoms. The Hall–Kier alpha value is -2.89. The van der Waals surface area contributed by atoms with Gasteiger partial charge in [-0.2, -0.15) is 10.4 Å². The third-order valence-electron chi connectivity index (χ3n) is 5.18. The number of nitriles is 1. The molecule has 8 heteroatoms. The largest absolute Gasteiger partial charge is 0.379 e. The minimum Gasteiger partial charge on any atom is -0.379 e. The molecule has 1 aliphatic heterocycles. The van der Waals surface area contributed by atoms with Crippen molar-refractivity contribution in [2.75, 3.05) is 25.6 Å². The van der Waals surface area contributed by atoms with E-state index in [0.29, 0.717) is 25.5 Å². The number of primary amides is 1. The Kier molecular flexibility index (Phi) is 5.68. The van der Waals surface area contributed by atoms with Crippen molar-refractivity contribution >= 4 is 17.4 Å². The minimum absolute atomic E-state index is 0.224. The molecule has 3 N–H and O–H groups in total. The predicted octanol–water partition coefficient (Wildman–Crippen LogP) is 2.71. The Morgan fingerprint density at radius 3 is 2.75 bits per heavy atom. The zero-order valence-corrected chi connectivity index (χ0v) is 16.3. The van der Waals surface area contributed by atoms with Gasteiger partial charge in [0.15, 0.2) is 5.82 Å². The Morgan fingerprint density at radius 1 is 1.43 bits per heavy atom. The third-order valence-corrected chi connectivity index (χ3v) is 5.18. The highest BCUT2D eigenvalue weighted by atomic mass is 16.5. The molecule has 148 valence electrons. The first-order valence-electron chi connectivity index (χ1n) is 9.14. The van der Waals surface area contributed by atoms with Crippen LogP contribution < -0.4 is 11.1 Å². The van der Waals surface area contributed by atoms with Crippen LogP contribution >= 0.6 is 0 Å². The summed E-state index contributed by atoms with van der Waals surface area (Å²) in [5.74, 6) is -0.456. The molecule has 3 rings (SSSR count). The van der Waals surface area contributed by atoms with Crippen LogP contribution in [0.1, 0.15) is 42.2 Å². The zero-order valence-electron chi connectivity index (χ0n) is 16.3. The van der Waals surface area contributed by atoms with Crippen molar-refractivity contribution < 1.29 is 14.3 Å². The fourth-order valence-corrected chi connectivity index (χ4v) is 3.18. The number of nitrogens with one attached hydrogen (secondary N) is 1. The Morgan fingerprint density at radius 2 is 2.14 bits per heavy atom. The van der Waals surface area contributed by atoms with Crippen LogP contribution in [0.25, 0.3) is 0 Å². The zero-order chi connectivity index (χ0) is 20.3. The first kappa shape index (κ1) is 19.9. The van der Waals surface area contributed by atoms with Crippen molar-refractivity contribution in [1.82, 2.24) is 9.78 Å². The summed E-state index contributed by atoms with van der Waals surface area (Å²) < 4.78 is 12.6. The second kappa shape index (κ2) is 8.00. The van der Waals surface area contributed by atoms with Gasteiger partial charge < -0.3 is 20.5 Å². The molecule has 8 nitrogen and oxygen atoms in total. The molecule has 1 amide bonds. The van der Waals surface area contributed by atoms with E-state index in [2.05, 4.69) is 16.5 Å². The molecule has 1 saturated heterocycles. The van der Waals surface area contributed by atoms with Gasteiger partial charge in [0.05, 0.1) is 30.2 Å². The Labute approximate surface area is 164 Å². The lowest BCUT2D eigenvalue weighted by Crippen LogP contribution is -2.29. The number of anilines is 2. The topological polar surface area (TPSA) is 115 Å². The number of nitrogens with two attached hydrogens (primary N) is 1. The summed E-state index contributed by atoms with van der Waals surface area (Å²) in [6.45, 7) is 4.90. The summed E-state index contributed by atoms with van der Waals surface area (Å²) in [5, 5.41) is 17.0. The highest BCUT2D eigenvalue weighted by Crippen LogP contribution is 2.29. The standard InChI is InChI=1S/C20H25N5O3/c1-20(2,27-3)14-4-6-15(7-5-14)23-19-16(18(22)26)11-25(24-19)17-12-28-9-8-13(17)10-21/h4-7,11,13,17H,8-9,12H2,1-3H3,(H2,22,26)(H,23,24). The van der Waals surface area contributed by atoms with E-state index in [1.165, 1.54) is 0 Å². The van der Waals surface area contributed by atoms with Gasteiger partial charge in [0.2, 0.25) is 0 Å². The van der Waals surface area contributed by atoms with Crippen molar-refractivity contribution in [3.05, 3.63) is 41.6 Å². The maximum atomic E-state index is 11.9. The molecule has 0 bridgehead atoms. The summed E-state index contributed by atoms with van der Waals surface area (Å²) >= 11 is 0. The van der Waals surface area contributed by atoms with Crippen LogP contribution in [-0.2, 0) is 15.1 Å². The van der Waals surface area contributed by atoms with E-state index in [9.17, 15) is 10.1 Å². The van der Waals surface area contributed by atoms with Crippen molar-refractivity contribution in [3.63, 3.8) is 0 Å². The summed E-state index contributed by atoms with van der Waals surface area (Å²) in [6, 6.07) is 9.73. The molecular formula is C20H25N5O3. The van der Waals surface area contributed by atoms with Gasteiger partial charge in [-0.05, 0) is 38.0 Å². The first-order chi connectivity index (χ1) is 13.4. The van der Waals surface area contributed by atoms with Gasteiger partial charge >= 0.3 is 0 Å². The van der Waals surface area contributed by atoms with E-state index in [0.717, 1.165) is 11.3 Å². The molecule has 2 unspecified atom stereocenters. The van der Waals surface area contributed by atoms with E-state index in [-0.39, 0.29) is 17.5 Å². The van der Waals surface area contributed by atoms with Crippen LogP contribution in [0.3, 0.4) is 0 Å². The highest BCUT2D eigenvalue weighted by molar-refractivity contribution is 5.98. The maximum Gasteiger partial charge on any atom is 0.254 e. The molecular weight excluding hydrogens is 358 g/mol. The van der Waals surface area contributed by atoms with Gasteiger partial charge in [0, 0.05) is 25.6 Å². The van der Waals surface area contributed by atoms with E-state index >= 15 is 0 Å². The number of carbonyl (C=O) groups is 1. The quantitative estimate of drug-likeness (QED) is 0.792. The van der Waals surface area contributed by atoms with Crippen molar-refractivity contribution in [1.29, 1.82) is 5.26 Å². The van der Waals surface area contributed by atoms with Crippen molar-refractivity contribution in [2.24, 2.45) is 11.7 Å². The fourth-order valence-electron chi connectivity index (χ4n) is 3.18. The Bertz CT molecular complexity index is 882. The molecule has 0 radical (unpaired) electrons. The van der Waals surface area contributed by atoms with Gasteiger partial charge in [-0.3, -0.25) is 9.48 Å². The molecule has 1 aliphatic rings. The highest BCUT2D eigenvalue weighted by Gasteiger charge is 2.29. The Balaban J connectivity index is 1.86. The molecule has 0 aliphatic carbocycles. The lowest BCUT2D eigenvalue weighted by molar-refractivity contribution is 0.0192. The van der Waals surface area contributed by atoms with Crippen molar-refractivity contribution in [3.8, 4) is 6.07 Å².